The van der Waals surface area contributed by atoms with Gasteiger partial charge in [0, 0.05) is 24.5 Å². The highest BCUT2D eigenvalue weighted by Gasteiger charge is 2.13. The second-order valence-corrected chi connectivity index (χ2v) is 4.86. The van der Waals surface area contributed by atoms with Crippen LogP contribution >= 0.6 is 11.6 Å². The van der Waals surface area contributed by atoms with E-state index in [4.69, 9.17) is 17.3 Å². The summed E-state index contributed by atoms with van der Waals surface area (Å²) in [5, 5.41) is 7.47. The molecule has 6 heteroatoms. The fourth-order valence-electron chi connectivity index (χ4n) is 1.87. The summed E-state index contributed by atoms with van der Waals surface area (Å²) in [4.78, 5) is 12.2. The second-order valence-electron chi connectivity index (χ2n) is 4.46. The average Bonchev–Trinajstić information content (AvgIpc) is 2.78. The molecule has 0 spiro atoms. The Hall–Kier alpha value is -2.29. The van der Waals surface area contributed by atoms with Crippen LogP contribution in [0.5, 0.6) is 0 Å². The highest BCUT2D eigenvalue weighted by atomic mass is 35.5. The molecule has 0 saturated carbocycles. The van der Waals surface area contributed by atoms with Gasteiger partial charge in [-0.05, 0) is 25.1 Å². The third kappa shape index (κ3) is 3.63. The van der Waals surface area contributed by atoms with Crippen LogP contribution in [0, 0.1) is 18.8 Å². The number of carbonyl (C=O) groups is 1. The number of hydrogen-bond donors (Lipinski definition) is 2. The van der Waals surface area contributed by atoms with Crippen molar-refractivity contribution in [1.82, 2.24) is 9.78 Å². The first-order valence-corrected chi connectivity index (χ1v) is 6.69. The van der Waals surface area contributed by atoms with Crippen LogP contribution in [0.2, 0.25) is 5.02 Å². The summed E-state index contributed by atoms with van der Waals surface area (Å²) in [5.74, 6) is 5.38. The van der Waals surface area contributed by atoms with Crippen LogP contribution < -0.4 is 11.1 Å². The summed E-state index contributed by atoms with van der Waals surface area (Å²) >= 11 is 6.04. The van der Waals surface area contributed by atoms with Gasteiger partial charge < -0.3 is 11.1 Å². The lowest BCUT2D eigenvalue weighted by Gasteiger charge is -2.06. The molecule has 1 heterocycles. The number of carbonyl (C=O) groups excluding carboxylic acids is 1. The first-order chi connectivity index (χ1) is 10.0. The zero-order valence-electron chi connectivity index (χ0n) is 11.8. The molecule has 0 unspecified atom stereocenters. The number of anilines is 1. The highest BCUT2D eigenvalue weighted by molar-refractivity contribution is 6.31. The van der Waals surface area contributed by atoms with Crippen molar-refractivity contribution >= 4 is 23.2 Å². The molecule has 0 atom stereocenters. The molecule has 0 aliphatic rings. The Bertz CT molecular complexity index is 740. The number of halogens is 1. The zero-order valence-corrected chi connectivity index (χ0v) is 12.5. The summed E-state index contributed by atoms with van der Waals surface area (Å²) < 4.78 is 1.60. The van der Waals surface area contributed by atoms with Gasteiger partial charge in [0.1, 0.15) is 0 Å². The third-order valence-corrected chi connectivity index (χ3v) is 3.14. The van der Waals surface area contributed by atoms with E-state index in [1.807, 2.05) is 0 Å². The van der Waals surface area contributed by atoms with Crippen molar-refractivity contribution in [3.63, 3.8) is 0 Å². The van der Waals surface area contributed by atoms with Crippen molar-refractivity contribution in [2.75, 3.05) is 11.9 Å². The average molecular weight is 303 g/mol. The summed E-state index contributed by atoms with van der Waals surface area (Å²) in [6.07, 6.45) is 1.68. The normalized spacial score (nSPS) is 9.90. The molecular weight excluding hydrogens is 288 g/mol. The van der Waals surface area contributed by atoms with Gasteiger partial charge in [0.2, 0.25) is 0 Å². The molecule has 5 nitrogen and oxygen atoms in total. The van der Waals surface area contributed by atoms with E-state index in [1.165, 1.54) is 0 Å². The maximum absolute atomic E-state index is 12.2. The van der Waals surface area contributed by atoms with E-state index < -0.39 is 0 Å². The SMILES string of the molecule is Cc1nn(C)cc1C(=O)Nc1ccc(Cl)c(C#CCN)c1. The van der Waals surface area contributed by atoms with Crippen molar-refractivity contribution in [3.8, 4) is 11.8 Å². The maximum atomic E-state index is 12.2. The van der Waals surface area contributed by atoms with E-state index >= 15 is 0 Å². The molecule has 2 rings (SSSR count). The van der Waals surface area contributed by atoms with Gasteiger partial charge in [-0.15, -0.1) is 0 Å². The van der Waals surface area contributed by atoms with Gasteiger partial charge in [-0.3, -0.25) is 9.48 Å². The molecule has 1 aromatic heterocycles. The van der Waals surface area contributed by atoms with Crippen molar-refractivity contribution in [3.05, 3.63) is 46.2 Å². The Morgan fingerprint density at radius 2 is 2.29 bits per heavy atom. The lowest BCUT2D eigenvalue weighted by molar-refractivity contribution is 0.102. The Balaban J connectivity index is 2.23. The fourth-order valence-corrected chi connectivity index (χ4v) is 2.03. The molecule has 0 aliphatic heterocycles. The first-order valence-electron chi connectivity index (χ1n) is 6.31. The van der Waals surface area contributed by atoms with Gasteiger partial charge >= 0.3 is 0 Å². The molecule has 3 N–H and O–H groups in total. The summed E-state index contributed by atoms with van der Waals surface area (Å²) in [6, 6.07) is 5.13. The maximum Gasteiger partial charge on any atom is 0.259 e. The number of amides is 1. The largest absolute Gasteiger partial charge is 0.322 e. The van der Waals surface area contributed by atoms with Crippen molar-refractivity contribution < 1.29 is 4.79 Å². The number of nitrogens with one attached hydrogen (secondary N) is 1. The fraction of sp³-hybridized carbons (Fsp3) is 0.200. The molecule has 108 valence electrons. The number of rotatable bonds is 2. The van der Waals surface area contributed by atoms with E-state index in [2.05, 4.69) is 22.3 Å². The molecule has 0 bridgehead atoms. The molecular formula is C15H15ClN4O. The second kappa shape index (κ2) is 6.44. The summed E-state index contributed by atoms with van der Waals surface area (Å²) in [6.45, 7) is 2.04. The topological polar surface area (TPSA) is 72.9 Å². The van der Waals surface area contributed by atoms with Gasteiger partial charge in [-0.25, -0.2) is 0 Å². The van der Waals surface area contributed by atoms with Crippen LogP contribution in [-0.4, -0.2) is 22.2 Å². The van der Waals surface area contributed by atoms with Crippen LogP contribution in [0.4, 0.5) is 5.69 Å². The van der Waals surface area contributed by atoms with E-state index in [0.29, 0.717) is 27.5 Å². The highest BCUT2D eigenvalue weighted by Crippen LogP contribution is 2.20. The van der Waals surface area contributed by atoms with Crippen LogP contribution in [0.1, 0.15) is 21.6 Å². The molecule has 1 amide bonds. The Kier molecular flexibility index (Phi) is 4.63. The number of nitrogens with two attached hydrogens (primary N) is 1. The van der Waals surface area contributed by atoms with Crippen molar-refractivity contribution in [1.29, 1.82) is 0 Å². The predicted molar refractivity (Wildman–Crippen MR) is 83.3 cm³/mol. The smallest absolute Gasteiger partial charge is 0.259 e. The number of benzene rings is 1. The standard InChI is InChI=1S/C15H15ClN4O/c1-10-13(9-20(2)19-10)15(21)18-12-5-6-14(16)11(8-12)4-3-7-17/h5-6,8-9H,7,17H2,1-2H3,(H,18,21). The lowest BCUT2D eigenvalue weighted by atomic mass is 10.2. The Labute approximate surface area is 128 Å². The van der Waals surface area contributed by atoms with Gasteiger partial charge in [0.25, 0.3) is 5.91 Å². The van der Waals surface area contributed by atoms with Gasteiger partial charge in [-0.1, -0.05) is 23.4 Å². The van der Waals surface area contributed by atoms with Crippen LogP contribution in [-0.2, 0) is 7.05 Å². The first kappa shape index (κ1) is 15.1. The molecule has 0 aliphatic carbocycles. The lowest BCUT2D eigenvalue weighted by Crippen LogP contribution is -2.12. The van der Waals surface area contributed by atoms with Crippen molar-refractivity contribution in [2.45, 2.75) is 6.92 Å². The number of aryl methyl sites for hydroxylation is 2. The van der Waals surface area contributed by atoms with Crippen LogP contribution in [0.15, 0.2) is 24.4 Å². The van der Waals surface area contributed by atoms with E-state index in [-0.39, 0.29) is 12.5 Å². The minimum atomic E-state index is -0.222. The number of nitrogens with zero attached hydrogens (tertiary/aromatic N) is 2. The van der Waals surface area contributed by atoms with E-state index in [9.17, 15) is 4.79 Å². The van der Waals surface area contributed by atoms with E-state index in [0.717, 1.165) is 0 Å². The molecule has 1 aromatic carbocycles. The monoisotopic (exact) mass is 302 g/mol. The van der Waals surface area contributed by atoms with Gasteiger partial charge in [0.15, 0.2) is 0 Å². The minimum Gasteiger partial charge on any atom is -0.322 e. The molecule has 2 aromatic rings. The van der Waals surface area contributed by atoms with Gasteiger partial charge in [-0.2, -0.15) is 5.10 Å². The predicted octanol–water partition coefficient (Wildman–Crippen LogP) is 1.94. The molecule has 0 radical (unpaired) electrons. The zero-order chi connectivity index (χ0) is 15.4. The number of hydrogen-bond acceptors (Lipinski definition) is 3. The van der Waals surface area contributed by atoms with Crippen LogP contribution in [0.25, 0.3) is 0 Å². The van der Waals surface area contributed by atoms with E-state index in [1.54, 1.807) is 43.0 Å². The van der Waals surface area contributed by atoms with Crippen LogP contribution in [0.3, 0.4) is 0 Å². The van der Waals surface area contributed by atoms with Gasteiger partial charge in [0.05, 0.1) is 22.8 Å². The minimum absolute atomic E-state index is 0.222. The number of aromatic nitrogens is 2. The third-order valence-electron chi connectivity index (χ3n) is 2.81. The molecule has 21 heavy (non-hydrogen) atoms. The van der Waals surface area contributed by atoms with Crippen molar-refractivity contribution in [2.24, 2.45) is 12.8 Å². The summed E-state index contributed by atoms with van der Waals surface area (Å²) in [5.41, 5.74) is 7.79. The quantitative estimate of drug-likeness (QED) is 0.833. The Morgan fingerprint density at radius 1 is 1.52 bits per heavy atom. The summed E-state index contributed by atoms with van der Waals surface area (Å²) in [7, 11) is 1.77. The molecule has 0 saturated heterocycles. The molecule has 0 fully saturated rings. The Morgan fingerprint density at radius 3 is 2.90 bits per heavy atom.